The van der Waals surface area contributed by atoms with E-state index < -0.39 is 0 Å². The Morgan fingerprint density at radius 3 is 2.79 bits per heavy atom. The predicted octanol–water partition coefficient (Wildman–Crippen LogP) is 1.98. The molecule has 1 heterocycles. The van der Waals surface area contributed by atoms with Gasteiger partial charge >= 0.3 is 0 Å². The minimum atomic E-state index is -0.264. The first kappa shape index (κ1) is 9.02. The SMILES string of the molecule is COc1c(O)sc2ccccc2c1=O. The summed E-state index contributed by atoms with van der Waals surface area (Å²) in [7, 11) is 1.37. The van der Waals surface area contributed by atoms with Crippen molar-refractivity contribution in [2.75, 3.05) is 7.11 Å². The molecule has 0 aliphatic rings. The van der Waals surface area contributed by atoms with Gasteiger partial charge in [-0.25, -0.2) is 0 Å². The first-order chi connectivity index (χ1) is 6.74. The molecule has 0 saturated heterocycles. The molecule has 72 valence electrons. The second-order valence-corrected chi connectivity index (χ2v) is 3.80. The van der Waals surface area contributed by atoms with Crippen molar-refractivity contribution in [3.63, 3.8) is 0 Å². The lowest BCUT2D eigenvalue weighted by Crippen LogP contribution is -2.04. The van der Waals surface area contributed by atoms with Crippen LogP contribution in [0.3, 0.4) is 0 Å². The fourth-order valence-corrected chi connectivity index (χ4v) is 2.19. The van der Waals surface area contributed by atoms with Gasteiger partial charge in [0.25, 0.3) is 0 Å². The zero-order valence-electron chi connectivity index (χ0n) is 7.48. The van der Waals surface area contributed by atoms with E-state index in [4.69, 9.17) is 4.74 Å². The van der Waals surface area contributed by atoms with Gasteiger partial charge in [0.05, 0.1) is 7.11 Å². The molecule has 0 aliphatic heterocycles. The molecular formula is C10H8O3S. The Labute approximate surface area is 84.2 Å². The quantitative estimate of drug-likeness (QED) is 0.779. The van der Waals surface area contributed by atoms with Gasteiger partial charge in [-0.05, 0) is 12.1 Å². The van der Waals surface area contributed by atoms with Crippen molar-refractivity contribution in [3.05, 3.63) is 34.5 Å². The summed E-state index contributed by atoms with van der Waals surface area (Å²) in [6.07, 6.45) is 0. The van der Waals surface area contributed by atoms with E-state index in [1.54, 1.807) is 18.2 Å². The van der Waals surface area contributed by atoms with Gasteiger partial charge in [0.2, 0.25) is 16.2 Å². The molecule has 1 aromatic heterocycles. The standard InChI is InChI=1S/C10H8O3S/c1-13-9-8(11)6-4-2-3-5-7(6)14-10(9)12/h2-5,12H,1H3. The van der Waals surface area contributed by atoms with E-state index >= 15 is 0 Å². The Morgan fingerprint density at radius 1 is 1.36 bits per heavy atom. The van der Waals surface area contributed by atoms with Crippen LogP contribution in [-0.4, -0.2) is 12.2 Å². The number of benzene rings is 1. The predicted molar refractivity (Wildman–Crippen MR) is 56.3 cm³/mol. The zero-order chi connectivity index (χ0) is 10.1. The summed E-state index contributed by atoms with van der Waals surface area (Å²) in [5.41, 5.74) is -0.264. The molecule has 4 heteroatoms. The van der Waals surface area contributed by atoms with Crippen LogP contribution in [0.2, 0.25) is 0 Å². The lowest BCUT2D eigenvalue weighted by Gasteiger charge is -2.02. The first-order valence-electron chi connectivity index (χ1n) is 4.03. The third kappa shape index (κ3) is 1.24. The van der Waals surface area contributed by atoms with Crippen molar-refractivity contribution in [1.82, 2.24) is 0 Å². The van der Waals surface area contributed by atoms with E-state index in [1.807, 2.05) is 6.07 Å². The third-order valence-corrected chi connectivity index (χ3v) is 2.90. The molecule has 3 nitrogen and oxygen atoms in total. The number of methoxy groups -OCH3 is 1. The normalized spacial score (nSPS) is 10.4. The number of hydrogen-bond donors (Lipinski definition) is 1. The van der Waals surface area contributed by atoms with Gasteiger partial charge in [-0.1, -0.05) is 23.5 Å². The van der Waals surface area contributed by atoms with Crippen LogP contribution in [0, 0.1) is 0 Å². The molecule has 1 N–H and O–H groups in total. The van der Waals surface area contributed by atoms with Gasteiger partial charge in [-0.3, -0.25) is 4.79 Å². The molecule has 14 heavy (non-hydrogen) atoms. The van der Waals surface area contributed by atoms with E-state index in [2.05, 4.69) is 0 Å². The summed E-state index contributed by atoms with van der Waals surface area (Å²) >= 11 is 1.14. The highest BCUT2D eigenvalue weighted by molar-refractivity contribution is 7.20. The topological polar surface area (TPSA) is 46.5 Å². The van der Waals surface area contributed by atoms with Crippen molar-refractivity contribution in [2.24, 2.45) is 0 Å². The summed E-state index contributed by atoms with van der Waals surface area (Å²) in [6, 6.07) is 7.12. The Hall–Kier alpha value is -1.55. The van der Waals surface area contributed by atoms with Crippen LogP contribution in [0.15, 0.2) is 29.1 Å². The average Bonchev–Trinajstić information content (AvgIpc) is 2.18. The average molecular weight is 208 g/mol. The summed E-state index contributed by atoms with van der Waals surface area (Å²) in [6.45, 7) is 0. The van der Waals surface area contributed by atoms with Crippen molar-refractivity contribution in [1.29, 1.82) is 0 Å². The number of fused-ring (bicyclic) bond motifs is 1. The number of hydrogen-bond acceptors (Lipinski definition) is 4. The number of ether oxygens (including phenoxy) is 1. The van der Waals surface area contributed by atoms with Crippen molar-refractivity contribution < 1.29 is 9.84 Å². The largest absolute Gasteiger partial charge is 0.497 e. The van der Waals surface area contributed by atoms with Crippen LogP contribution in [0.4, 0.5) is 0 Å². The van der Waals surface area contributed by atoms with Crippen LogP contribution in [0.25, 0.3) is 10.1 Å². The van der Waals surface area contributed by atoms with Gasteiger partial charge in [-0.2, -0.15) is 0 Å². The fraction of sp³-hybridized carbons (Fsp3) is 0.100. The minimum Gasteiger partial charge on any atom is -0.497 e. The monoisotopic (exact) mass is 208 g/mol. The van der Waals surface area contributed by atoms with Crippen LogP contribution in [-0.2, 0) is 0 Å². The second kappa shape index (κ2) is 3.31. The highest BCUT2D eigenvalue weighted by Crippen LogP contribution is 2.31. The third-order valence-electron chi connectivity index (χ3n) is 1.94. The van der Waals surface area contributed by atoms with Crippen molar-refractivity contribution in [3.8, 4) is 10.8 Å². The summed E-state index contributed by atoms with van der Waals surface area (Å²) in [5.74, 6) is 0.0219. The van der Waals surface area contributed by atoms with Crippen molar-refractivity contribution in [2.45, 2.75) is 0 Å². The van der Waals surface area contributed by atoms with E-state index in [9.17, 15) is 9.90 Å². The molecule has 0 saturated carbocycles. The lowest BCUT2D eigenvalue weighted by molar-refractivity contribution is 0.377. The molecule has 0 unspecified atom stereocenters. The van der Waals surface area contributed by atoms with E-state index in [-0.39, 0.29) is 16.2 Å². The maximum absolute atomic E-state index is 11.7. The number of rotatable bonds is 1. The van der Waals surface area contributed by atoms with Crippen LogP contribution < -0.4 is 10.2 Å². The minimum absolute atomic E-state index is 0.0219. The Balaban J connectivity index is 2.93. The zero-order valence-corrected chi connectivity index (χ0v) is 8.30. The number of aromatic hydroxyl groups is 1. The Morgan fingerprint density at radius 2 is 2.07 bits per heavy atom. The van der Waals surface area contributed by atoms with Crippen LogP contribution in [0.5, 0.6) is 10.8 Å². The molecule has 0 spiro atoms. The van der Waals surface area contributed by atoms with E-state index in [1.165, 1.54) is 7.11 Å². The molecule has 0 fully saturated rings. The molecule has 2 rings (SSSR count). The molecule has 0 atom stereocenters. The molecule has 0 amide bonds. The van der Waals surface area contributed by atoms with E-state index in [0.29, 0.717) is 5.39 Å². The summed E-state index contributed by atoms with van der Waals surface area (Å²) in [4.78, 5) is 11.7. The molecule has 0 bridgehead atoms. The van der Waals surface area contributed by atoms with Gasteiger partial charge in [0, 0.05) is 10.1 Å². The molecule has 2 aromatic rings. The molecule has 0 radical (unpaired) electrons. The fourth-order valence-electron chi connectivity index (χ4n) is 1.29. The second-order valence-electron chi connectivity index (χ2n) is 2.77. The van der Waals surface area contributed by atoms with Crippen LogP contribution >= 0.6 is 11.3 Å². The van der Waals surface area contributed by atoms with Gasteiger partial charge in [-0.15, -0.1) is 0 Å². The maximum Gasteiger partial charge on any atom is 0.233 e. The van der Waals surface area contributed by atoms with Crippen LogP contribution in [0.1, 0.15) is 0 Å². The van der Waals surface area contributed by atoms with Gasteiger partial charge in [0.15, 0.2) is 0 Å². The lowest BCUT2D eigenvalue weighted by atomic mass is 10.2. The highest BCUT2D eigenvalue weighted by atomic mass is 32.1. The summed E-state index contributed by atoms with van der Waals surface area (Å²) < 4.78 is 5.59. The smallest absolute Gasteiger partial charge is 0.233 e. The van der Waals surface area contributed by atoms with E-state index in [0.717, 1.165) is 16.0 Å². The molecular weight excluding hydrogens is 200 g/mol. The first-order valence-corrected chi connectivity index (χ1v) is 4.84. The Kier molecular flexibility index (Phi) is 2.13. The summed E-state index contributed by atoms with van der Waals surface area (Å²) in [5, 5.41) is 9.99. The van der Waals surface area contributed by atoms with Gasteiger partial charge in [0.1, 0.15) is 0 Å². The Bertz CT molecular complexity index is 530. The van der Waals surface area contributed by atoms with Gasteiger partial charge < -0.3 is 9.84 Å². The maximum atomic E-state index is 11.7. The highest BCUT2D eigenvalue weighted by Gasteiger charge is 2.10. The molecule has 0 aliphatic carbocycles. The molecule has 1 aromatic carbocycles. The van der Waals surface area contributed by atoms with Crippen molar-refractivity contribution >= 4 is 21.4 Å².